The van der Waals surface area contributed by atoms with Crippen molar-refractivity contribution in [1.82, 2.24) is 9.80 Å². The summed E-state index contributed by atoms with van der Waals surface area (Å²) in [5.41, 5.74) is -1.36. The zero-order valence-corrected chi connectivity index (χ0v) is 23.8. The number of ether oxygens (including phenoxy) is 2. The molecule has 1 aliphatic heterocycles. The Bertz CT molecular complexity index is 1300. The molecule has 11 heteroatoms. The first-order valence-corrected chi connectivity index (χ1v) is 13.6. The van der Waals surface area contributed by atoms with Crippen molar-refractivity contribution >= 4 is 23.3 Å². The fourth-order valence-electron chi connectivity index (χ4n) is 6.39. The van der Waals surface area contributed by atoms with E-state index in [1.807, 2.05) is 32.2 Å². The summed E-state index contributed by atoms with van der Waals surface area (Å²) in [5, 5.41) is 12.7. The quantitative estimate of drug-likeness (QED) is 0.395. The second-order valence-corrected chi connectivity index (χ2v) is 11.0. The number of alkyl halides is 3. The van der Waals surface area contributed by atoms with E-state index < -0.39 is 28.3 Å². The smallest absolute Gasteiger partial charge is 0.417 e. The lowest BCUT2D eigenvalue weighted by atomic mass is 9.61. The van der Waals surface area contributed by atoms with E-state index in [0.717, 1.165) is 30.7 Å². The average Bonchev–Trinajstić information content (AvgIpc) is 3.27. The van der Waals surface area contributed by atoms with Crippen LogP contribution >= 0.6 is 11.6 Å². The number of urea groups is 1. The lowest BCUT2D eigenvalue weighted by Gasteiger charge is -2.51. The first-order chi connectivity index (χ1) is 18.9. The number of hydrogen-bond acceptors (Lipinski definition) is 5. The van der Waals surface area contributed by atoms with Gasteiger partial charge >= 0.3 is 12.2 Å². The molecule has 1 N–H and O–H groups in total. The molecule has 0 spiro atoms. The van der Waals surface area contributed by atoms with E-state index in [-0.39, 0.29) is 23.7 Å². The molecule has 3 atom stereocenters. The highest BCUT2D eigenvalue weighted by molar-refractivity contribution is 6.31. The largest absolute Gasteiger partial charge is 0.493 e. The Balaban J connectivity index is 1.66. The Kier molecular flexibility index (Phi) is 8.48. The third kappa shape index (κ3) is 5.29. The normalized spacial score (nSPS) is 24.6. The van der Waals surface area contributed by atoms with E-state index in [1.54, 1.807) is 14.2 Å². The molecule has 1 saturated heterocycles. The molecule has 2 aliphatic rings. The summed E-state index contributed by atoms with van der Waals surface area (Å²) < 4.78 is 51.2. The monoisotopic (exact) mass is 578 g/mol. The van der Waals surface area contributed by atoms with Crippen LogP contribution < -0.4 is 14.8 Å². The summed E-state index contributed by atoms with van der Waals surface area (Å²) in [6.45, 7) is 3.00. The molecule has 1 heterocycles. The van der Waals surface area contributed by atoms with Gasteiger partial charge in [0.25, 0.3) is 0 Å². The molecule has 2 aromatic rings. The predicted octanol–water partition coefficient (Wildman–Crippen LogP) is 6.71. The SMILES string of the molecule is CCCN(C(=O)Nc1ccc(Cl)c(C(F)(F)F)c1)C1(C#N)CCC2(c3ccc(OC)c(OC)c3)CCN(C)C2C1. The second kappa shape index (κ2) is 11.4. The maximum absolute atomic E-state index is 13.6. The van der Waals surface area contributed by atoms with Gasteiger partial charge in [0.15, 0.2) is 11.5 Å². The van der Waals surface area contributed by atoms with E-state index in [4.69, 9.17) is 21.1 Å². The van der Waals surface area contributed by atoms with E-state index in [1.165, 1.54) is 11.0 Å². The van der Waals surface area contributed by atoms with Crippen LogP contribution in [0.5, 0.6) is 11.5 Å². The number of halogens is 4. The molecule has 3 unspecified atom stereocenters. The van der Waals surface area contributed by atoms with Crippen LogP contribution in [0.1, 0.15) is 50.2 Å². The van der Waals surface area contributed by atoms with E-state index in [0.29, 0.717) is 37.2 Å². The lowest BCUT2D eigenvalue weighted by Crippen LogP contribution is -2.61. The molecule has 7 nitrogen and oxygen atoms in total. The van der Waals surface area contributed by atoms with Gasteiger partial charge in [-0.05, 0) is 75.2 Å². The van der Waals surface area contributed by atoms with Crippen molar-refractivity contribution in [3.63, 3.8) is 0 Å². The van der Waals surface area contributed by atoms with Gasteiger partial charge in [-0.2, -0.15) is 18.4 Å². The Morgan fingerprint density at radius 2 is 1.90 bits per heavy atom. The molecule has 0 radical (unpaired) electrons. The van der Waals surface area contributed by atoms with Gasteiger partial charge in [0.2, 0.25) is 0 Å². The Labute approximate surface area is 237 Å². The van der Waals surface area contributed by atoms with Crippen molar-refractivity contribution in [2.45, 2.75) is 62.2 Å². The van der Waals surface area contributed by atoms with Gasteiger partial charge in [-0.3, -0.25) is 0 Å². The van der Waals surface area contributed by atoms with Crippen LogP contribution in [-0.2, 0) is 11.6 Å². The second-order valence-electron chi connectivity index (χ2n) is 10.6. The molecule has 2 amide bonds. The fourth-order valence-corrected chi connectivity index (χ4v) is 6.62. The predicted molar refractivity (Wildman–Crippen MR) is 147 cm³/mol. The Morgan fingerprint density at radius 3 is 2.52 bits per heavy atom. The van der Waals surface area contributed by atoms with Crippen molar-refractivity contribution in [3.8, 4) is 17.6 Å². The fraction of sp³-hybridized carbons (Fsp3) is 0.517. The number of anilines is 1. The summed E-state index contributed by atoms with van der Waals surface area (Å²) >= 11 is 5.76. The summed E-state index contributed by atoms with van der Waals surface area (Å²) in [7, 11) is 5.21. The van der Waals surface area contributed by atoms with Crippen LogP contribution in [0, 0.1) is 11.3 Å². The van der Waals surface area contributed by atoms with Crippen LogP contribution in [0.15, 0.2) is 36.4 Å². The third-order valence-corrected chi connectivity index (χ3v) is 8.82. The Morgan fingerprint density at radius 1 is 1.18 bits per heavy atom. The number of nitrogens with zero attached hydrogens (tertiary/aromatic N) is 3. The number of likely N-dealkylation sites (tertiary alicyclic amines) is 1. The zero-order chi connectivity index (χ0) is 29.3. The molecule has 2 aromatic carbocycles. The first-order valence-electron chi connectivity index (χ1n) is 13.2. The number of hydrogen-bond donors (Lipinski definition) is 1. The van der Waals surface area contributed by atoms with Crippen molar-refractivity contribution in [2.75, 3.05) is 39.7 Å². The van der Waals surface area contributed by atoms with Crippen molar-refractivity contribution in [2.24, 2.45) is 0 Å². The van der Waals surface area contributed by atoms with Crippen LogP contribution in [0.25, 0.3) is 0 Å². The highest BCUT2D eigenvalue weighted by Gasteiger charge is 2.57. The number of benzene rings is 2. The van der Waals surface area contributed by atoms with Gasteiger partial charge in [-0.25, -0.2) is 4.79 Å². The number of nitrogens with one attached hydrogen (secondary N) is 1. The topological polar surface area (TPSA) is 77.8 Å². The van der Waals surface area contributed by atoms with Gasteiger partial charge in [-0.15, -0.1) is 0 Å². The molecule has 1 saturated carbocycles. The molecular formula is C29H34ClF3N4O3. The van der Waals surface area contributed by atoms with Crippen LogP contribution in [0.3, 0.4) is 0 Å². The average molecular weight is 579 g/mol. The Hall–Kier alpha value is -3.16. The van der Waals surface area contributed by atoms with Gasteiger partial charge in [-0.1, -0.05) is 24.6 Å². The maximum atomic E-state index is 13.6. The van der Waals surface area contributed by atoms with Crippen molar-refractivity contribution in [3.05, 3.63) is 52.5 Å². The molecular weight excluding hydrogens is 545 g/mol. The van der Waals surface area contributed by atoms with E-state index in [9.17, 15) is 23.2 Å². The minimum atomic E-state index is -4.67. The molecule has 40 heavy (non-hydrogen) atoms. The van der Waals surface area contributed by atoms with E-state index >= 15 is 0 Å². The minimum absolute atomic E-state index is 0.0376. The van der Waals surface area contributed by atoms with Gasteiger partial charge in [0.05, 0.1) is 30.9 Å². The molecule has 2 fully saturated rings. The first kappa shape index (κ1) is 29.8. The maximum Gasteiger partial charge on any atom is 0.417 e. The van der Waals surface area contributed by atoms with Gasteiger partial charge < -0.3 is 24.6 Å². The van der Waals surface area contributed by atoms with Crippen LogP contribution in [-0.4, -0.2) is 61.8 Å². The number of likely N-dealkylation sites (N-methyl/N-ethyl adjacent to an activating group) is 1. The molecule has 216 valence electrons. The molecule has 1 aliphatic carbocycles. The van der Waals surface area contributed by atoms with E-state index in [2.05, 4.69) is 16.3 Å². The standard InChI is InChI=1S/C29H34ClF3N4O3/c1-5-13-37(26(38)35-20-7-8-22(30)21(16-20)29(31,32)33)27(18-34)10-11-28(12-14-36(2)25(28)17-27)19-6-9-23(39-3)24(15-19)40-4/h6-9,15-16,25H,5,10-14,17H2,1-4H3,(H,35,38). The number of carbonyl (C=O) groups excluding carboxylic acids is 1. The number of carbonyl (C=O) groups is 1. The number of fused-ring (bicyclic) bond motifs is 1. The number of methoxy groups -OCH3 is 2. The van der Waals surface area contributed by atoms with Crippen molar-refractivity contribution < 1.29 is 27.4 Å². The minimum Gasteiger partial charge on any atom is -0.493 e. The van der Waals surface area contributed by atoms with Crippen LogP contribution in [0.4, 0.5) is 23.7 Å². The lowest BCUT2D eigenvalue weighted by molar-refractivity contribution is -0.137. The van der Waals surface area contributed by atoms with Gasteiger partial charge in [0.1, 0.15) is 5.54 Å². The summed E-state index contributed by atoms with van der Waals surface area (Å²) in [6.07, 6.45) is -1.74. The number of nitriles is 1. The molecule has 4 rings (SSSR count). The summed E-state index contributed by atoms with van der Waals surface area (Å²) in [5.74, 6) is 1.27. The summed E-state index contributed by atoms with van der Waals surface area (Å²) in [6, 6.07) is 11.0. The number of amides is 2. The van der Waals surface area contributed by atoms with Gasteiger partial charge in [0, 0.05) is 30.1 Å². The number of rotatable bonds is 7. The molecule has 0 bridgehead atoms. The third-order valence-electron chi connectivity index (χ3n) is 8.49. The van der Waals surface area contributed by atoms with Crippen molar-refractivity contribution in [1.29, 1.82) is 5.26 Å². The summed E-state index contributed by atoms with van der Waals surface area (Å²) in [4.78, 5) is 17.3. The van der Waals surface area contributed by atoms with Crippen LogP contribution in [0.2, 0.25) is 5.02 Å². The highest BCUT2D eigenvalue weighted by Crippen LogP contribution is 2.53. The zero-order valence-electron chi connectivity index (χ0n) is 23.1. The highest BCUT2D eigenvalue weighted by atomic mass is 35.5. The molecule has 0 aromatic heterocycles.